The molecule has 0 aromatic heterocycles. The third-order valence-electron chi connectivity index (χ3n) is 3.03. The molecule has 110 valence electrons. The molecule has 0 bridgehead atoms. The van der Waals surface area contributed by atoms with E-state index in [4.69, 9.17) is 23.7 Å². The fourth-order valence-electron chi connectivity index (χ4n) is 1.69. The first-order valence-corrected chi connectivity index (χ1v) is 6.99. The third-order valence-corrected chi connectivity index (χ3v) is 3.03. The maximum absolute atomic E-state index is 5.77. The monoisotopic (exact) mass is 272 g/mol. The van der Waals surface area contributed by atoms with E-state index in [1.165, 1.54) is 0 Å². The molecule has 0 N–H and O–H groups in total. The van der Waals surface area contributed by atoms with E-state index in [-0.39, 0.29) is 6.10 Å². The predicted octanol–water partition coefficient (Wildman–Crippen LogP) is 1.17. The van der Waals surface area contributed by atoms with Crippen molar-refractivity contribution in [2.24, 2.45) is 0 Å². The Balaban J connectivity index is 1.51. The largest absolute Gasteiger partial charge is 0.379 e. The van der Waals surface area contributed by atoms with Gasteiger partial charge in [-0.15, -0.1) is 6.58 Å². The van der Waals surface area contributed by atoms with Crippen molar-refractivity contribution in [3.05, 3.63) is 12.7 Å². The van der Waals surface area contributed by atoms with Crippen LogP contribution in [-0.2, 0) is 23.7 Å². The first-order chi connectivity index (χ1) is 9.38. The van der Waals surface area contributed by atoms with E-state index in [0.29, 0.717) is 38.6 Å². The lowest BCUT2D eigenvalue weighted by atomic mass is 10.3. The van der Waals surface area contributed by atoms with Crippen molar-refractivity contribution in [3.63, 3.8) is 0 Å². The van der Waals surface area contributed by atoms with Crippen LogP contribution in [0.15, 0.2) is 12.7 Å². The molecular formula is C14H24O5. The molecule has 0 aromatic carbocycles. The predicted molar refractivity (Wildman–Crippen MR) is 70.3 cm³/mol. The summed E-state index contributed by atoms with van der Waals surface area (Å²) in [6.45, 7) is 8.44. The van der Waals surface area contributed by atoms with Crippen molar-refractivity contribution in [1.29, 1.82) is 0 Å². The molecule has 0 amide bonds. The first-order valence-electron chi connectivity index (χ1n) is 6.99. The van der Waals surface area contributed by atoms with Crippen LogP contribution in [-0.4, -0.2) is 64.6 Å². The molecule has 2 aliphatic heterocycles. The average Bonchev–Trinajstić information content (AvgIpc) is 3.27. The Kier molecular flexibility index (Phi) is 6.81. The summed E-state index contributed by atoms with van der Waals surface area (Å²) in [5.74, 6) is 0. The quantitative estimate of drug-likeness (QED) is 0.286. The Labute approximate surface area is 114 Å². The Morgan fingerprint density at radius 1 is 1.05 bits per heavy atom. The summed E-state index contributed by atoms with van der Waals surface area (Å²) in [6, 6.07) is 0. The third kappa shape index (κ3) is 7.64. The van der Waals surface area contributed by atoms with Gasteiger partial charge in [-0.25, -0.2) is 0 Å². The van der Waals surface area contributed by atoms with Crippen LogP contribution >= 0.6 is 0 Å². The molecule has 0 saturated carbocycles. The van der Waals surface area contributed by atoms with Gasteiger partial charge in [-0.1, -0.05) is 6.08 Å². The highest BCUT2D eigenvalue weighted by atomic mass is 16.6. The molecule has 19 heavy (non-hydrogen) atoms. The fourth-order valence-corrected chi connectivity index (χ4v) is 1.69. The van der Waals surface area contributed by atoms with Crippen molar-refractivity contribution in [1.82, 2.24) is 0 Å². The normalized spacial score (nSPS) is 26.1. The minimum absolute atomic E-state index is 0.0150. The molecule has 0 radical (unpaired) electrons. The van der Waals surface area contributed by atoms with E-state index < -0.39 is 0 Å². The lowest BCUT2D eigenvalue weighted by Crippen LogP contribution is -2.27. The molecule has 5 nitrogen and oxygen atoms in total. The van der Waals surface area contributed by atoms with Crippen LogP contribution in [0.4, 0.5) is 0 Å². The zero-order valence-corrected chi connectivity index (χ0v) is 11.4. The summed E-state index contributed by atoms with van der Waals surface area (Å²) in [6.07, 6.45) is 4.47. The molecular weight excluding hydrogens is 248 g/mol. The smallest absolute Gasteiger partial charge is 0.104 e. The SMILES string of the molecule is C=CCOCC(COCCC1CO1)OCCC1CO1. The van der Waals surface area contributed by atoms with Crippen molar-refractivity contribution in [2.75, 3.05) is 46.2 Å². The van der Waals surface area contributed by atoms with E-state index in [9.17, 15) is 0 Å². The van der Waals surface area contributed by atoms with Gasteiger partial charge in [0.25, 0.3) is 0 Å². The van der Waals surface area contributed by atoms with Gasteiger partial charge in [-0.2, -0.15) is 0 Å². The molecule has 5 heteroatoms. The Bertz CT molecular complexity index is 250. The van der Waals surface area contributed by atoms with Crippen molar-refractivity contribution >= 4 is 0 Å². The van der Waals surface area contributed by atoms with Gasteiger partial charge < -0.3 is 23.7 Å². The summed E-state index contributed by atoms with van der Waals surface area (Å²) in [4.78, 5) is 0. The molecule has 2 heterocycles. The zero-order chi connectivity index (χ0) is 13.3. The molecule has 0 aliphatic carbocycles. The molecule has 0 aromatic rings. The standard InChI is InChI=1S/C14H24O5/c1-2-5-15-8-14(17-7-4-13-11-19-13)9-16-6-3-12-10-18-12/h2,12-14H,1,3-11H2. The molecule has 2 saturated heterocycles. The van der Waals surface area contributed by atoms with Crippen molar-refractivity contribution < 1.29 is 23.7 Å². The van der Waals surface area contributed by atoms with Crippen LogP contribution in [0.25, 0.3) is 0 Å². The van der Waals surface area contributed by atoms with Gasteiger partial charge >= 0.3 is 0 Å². The van der Waals surface area contributed by atoms with E-state index in [2.05, 4.69) is 6.58 Å². The fraction of sp³-hybridized carbons (Fsp3) is 0.857. The number of rotatable bonds is 13. The first kappa shape index (κ1) is 14.9. The van der Waals surface area contributed by atoms with Gasteiger partial charge in [-0.3, -0.25) is 0 Å². The highest BCUT2D eigenvalue weighted by Gasteiger charge is 2.23. The van der Waals surface area contributed by atoms with Crippen LogP contribution < -0.4 is 0 Å². The number of hydrogen-bond acceptors (Lipinski definition) is 5. The summed E-state index contributed by atoms with van der Waals surface area (Å²) < 4.78 is 27.1. The van der Waals surface area contributed by atoms with Crippen LogP contribution in [0.5, 0.6) is 0 Å². The van der Waals surface area contributed by atoms with Gasteiger partial charge in [-0.05, 0) is 12.8 Å². The van der Waals surface area contributed by atoms with E-state index in [1.807, 2.05) is 0 Å². The van der Waals surface area contributed by atoms with Crippen LogP contribution in [0.2, 0.25) is 0 Å². The van der Waals surface area contributed by atoms with E-state index in [0.717, 1.165) is 32.7 Å². The summed E-state index contributed by atoms with van der Waals surface area (Å²) in [5, 5.41) is 0. The van der Waals surface area contributed by atoms with Crippen LogP contribution in [0.1, 0.15) is 12.8 Å². The number of epoxide rings is 2. The maximum atomic E-state index is 5.77. The second-order valence-electron chi connectivity index (χ2n) is 4.88. The Morgan fingerprint density at radius 2 is 1.68 bits per heavy atom. The number of ether oxygens (including phenoxy) is 5. The van der Waals surface area contributed by atoms with E-state index in [1.54, 1.807) is 6.08 Å². The topological polar surface area (TPSA) is 52.8 Å². The van der Waals surface area contributed by atoms with Gasteiger partial charge in [0.2, 0.25) is 0 Å². The van der Waals surface area contributed by atoms with Gasteiger partial charge in [0, 0.05) is 13.2 Å². The zero-order valence-electron chi connectivity index (χ0n) is 11.4. The van der Waals surface area contributed by atoms with Gasteiger partial charge in [0.1, 0.15) is 6.10 Å². The van der Waals surface area contributed by atoms with Crippen molar-refractivity contribution in [2.45, 2.75) is 31.2 Å². The molecule has 2 rings (SSSR count). The highest BCUT2D eigenvalue weighted by molar-refractivity contribution is 4.70. The average molecular weight is 272 g/mol. The second-order valence-corrected chi connectivity index (χ2v) is 4.88. The second kappa shape index (κ2) is 8.66. The van der Waals surface area contributed by atoms with Crippen molar-refractivity contribution in [3.8, 4) is 0 Å². The summed E-state index contributed by atoms with van der Waals surface area (Å²) >= 11 is 0. The lowest BCUT2D eigenvalue weighted by molar-refractivity contribution is -0.0581. The molecule has 2 aliphatic rings. The maximum Gasteiger partial charge on any atom is 0.104 e. The van der Waals surface area contributed by atoms with Crippen LogP contribution in [0, 0.1) is 0 Å². The lowest BCUT2D eigenvalue weighted by Gasteiger charge is -2.17. The van der Waals surface area contributed by atoms with Crippen LogP contribution in [0.3, 0.4) is 0 Å². The molecule has 2 fully saturated rings. The summed E-state index contributed by atoms with van der Waals surface area (Å²) in [7, 11) is 0. The van der Waals surface area contributed by atoms with Gasteiger partial charge in [0.15, 0.2) is 0 Å². The molecule has 3 atom stereocenters. The minimum Gasteiger partial charge on any atom is -0.379 e. The van der Waals surface area contributed by atoms with Gasteiger partial charge in [0.05, 0.1) is 45.2 Å². The minimum atomic E-state index is -0.0150. The Morgan fingerprint density at radius 3 is 2.32 bits per heavy atom. The highest BCUT2D eigenvalue weighted by Crippen LogP contribution is 2.14. The molecule has 3 unspecified atom stereocenters. The van der Waals surface area contributed by atoms with E-state index >= 15 is 0 Å². The summed E-state index contributed by atoms with van der Waals surface area (Å²) in [5.41, 5.74) is 0. The molecule has 0 spiro atoms. The number of hydrogen-bond donors (Lipinski definition) is 0. The Hall–Kier alpha value is -0.460.